The molecular weight excluding hydrogens is 454 g/mol. The molecule has 2 heterocycles. The molecule has 0 bridgehead atoms. The summed E-state index contributed by atoms with van der Waals surface area (Å²) < 4.78 is 12.6. The summed E-state index contributed by atoms with van der Waals surface area (Å²) in [6, 6.07) is 4.33. The number of aryl methyl sites for hydroxylation is 1. The van der Waals surface area contributed by atoms with Gasteiger partial charge in [0.05, 0.1) is 5.56 Å². The van der Waals surface area contributed by atoms with E-state index in [2.05, 4.69) is 58.6 Å². The molecular formula is C30H47NO3S. The summed E-state index contributed by atoms with van der Waals surface area (Å²) in [6.07, 6.45) is 9.57. The Morgan fingerprint density at radius 2 is 1.91 bits per heavy atom. The van der Waals surface area contributed by atoms with Gasteiger partial charge in [0, 0.05) is 17.1 Å². The van der Waals surface area contributed by atoms with E-state index in [0.29, 0.717) is 18.1 Å². The van der Waals surface area contributed by atoms with Gasteiger partial charge in [-0.3, -0.25) is 4.79 Å². The van der Waals surface area contributed by atoms with Crippen LogP contribution in [0.2, 0.25) is 0 Å². The molecule has 0 aliphatic carbocycles. The molecule has 2 aliphatic heterocycles. The van der Waals surface area contributed by atoms with Gasteiger partial charge in [0.25, 0.3) is 0 Å². The van der Waals surface area contributed by atoms with Crippen molar-refractivity contribution >= 4 is 23.3 Å². The molecule has 0 aromatic heterocycles. The van der Waals surface area contributed by atoms with Crippen molar-refractivity contribution in [2.45, 2.75) is 105 Å². The number of thioether (sulfide) groups is 1. The minimum Gasteiger partial charge on any atom is -0.482 e. The number of esters is 1. The van der Waals surface area contributed by atoms with Crippen molar-refractivity contribution in [3.05, 3.63) is 28.2 Å². The fraction of sp³-hybridized carbons (Fsp3) is 0.700. The average molecular weight is 502 g/mol. The summed E-state index contributed by atoms with van der Waals surface area (Å²) >= 11 is 1.88. The summed E-state index contributed by atoms with van der Waals surface area (Å²) in [6.45, 7) is 16.2. The van der Waals surface area contributed by atoms with Crippen molar-refractivity contribution in [2.24, 2.45) is 5.92 Å². The normalized spacial score (nSPS) is 17.2. The molecule has 0 spiro atoms. The van der Waals surface area contributed by atoms with Gasteiger partial charge in [-0.1, -0.05) is 53.4 Å². The summed E-state index contributed by atoms with van der Waals surface area (Å²) in [4.78, 5) is 16.5. The van der Waals surface area contributed by atoms with Crippen LogP contribution in [-0.2, 0) is 11.2 Å². The molecule has 1 atom stereocenters. The molecule has 196 valence electrons. The number of hydrogen-bond acceptors (Lipinski definition) is 5. The third-order valence-electron chi connectivity index (χ3n) is 7.41. The van der Waals surface area contributed by atoms with E-state index in [9.17, 15) is 4.79 Å². The molecule has 0 amide bonds. The van der Waals surface area contributed by atoms with Gasteiger partial charge in [0.15, 0.2) is 0 Å². The highest BCUT2D eigenvalue weighted by molar-refractivity contribution is 8.03. The first-order valence-corrected chi connectivity index (χ1v) is 14.9. The Morgan fingerprint density at radius 3 is 2.63 bits per heavy atom. The van der Waals surface area contributed by atoms with Gasteiger partial charge in [0.2, 0.25) is 0 Å². The second kappa shape index (κ2) is 13.2. The summed E-state index contributed by atoms with van der Waals surface area (Å²) in [5.74, 6) is 3.21. The number of carbonyl (C=O) groups excluding carboxylic acids is 1. The molecule has 1 aromatic rings. The first kappa shape index (κ1) is 28.1. The third kappa shape index (κ3) is 7.52. The van der Waals surface area contributed by atoms with E-state index in [1.165, 1.54) is 41.7 Å². The SMILES string of the molecule is CCCCCC(C)CCc1cc(OC(=O)CCCN(CC)CC)c2c(c1)OC(C)(C)C1=C2CCS1. The number of ether oxygens (including phenoxy) is 2. The smallest absolute Gasteiger partial charge is 0.311 e. The van der Waals surface area contributed by atoms with Gasteiger partial charge in [-0.2, -0.15) is 0 Å². The van der Waals surface area contributed by atoms with Crippen LogP contribution in [0.4, 0.5) is 0 Å². The molecule has 0 saturated carbocycles. The second-order valence-corrected chi connectivity index (χ2v) is 11.8. The molecule has 5 heteroatoms. The lowest BCUT2D eigenvalue weighted by Crippen LogP contribution is -2.32. The summed E-state index contributed by atoms with van der Waals surface area (Å²) in [5.41, 5.74) is 3.20. The largest absolute Gasteiger partial charge is 0.482 e. The molecule has 2 aliphatic rings. The molecule has 1 unspecified atom stereocenters. The molecule has 0 fully saturated rings. The Morgan fingerprint density at radius 1 is 1.14 bits per heavy atom. The minimum atomic E-state index is -0.333. The lowest BCUT2D eigenvalue weighted by atomic mass is 9.90. The van der Waals surface area contributed by atoms with E-state index in [4.69, 9.17) is 9.47 Å². The number of allylic oxidation sites excluding steroid dienone is 1. The van der Waals surface area contributed by atoms with Crippen LogP contribution < -0.4 is 9.47 Å². The zero-order chi connectivity index (χ0) is 25.4. The number of rotatable bonds is 14. The lowest BCUT2D eigenvalue weighted by molar-refractivity contribution is -0.134. The maximum atomic E-state index is 12.9. The Bertz CT molecular complexity index is 888. The van der Waals surface area contributed by atoms with Crippen molar-refractivity contribution < 1.29 is 14.3 Å². The van der Waals surface area contributed by atoms with Gasteiger partial charge in [-0.15, -0.1) is 11.8 Å². The second-order valence-electron chi connectivity index (χ2n) is 10.7. The predicted molar refractivity (Wildman–Crippen MR) is 149 cm³/mol. The standard InChI is InChI=1S/C30H47NO3S/c1-7-10-11-13-22(4)15-16-23-20-25(33-27(32)14-12-18-31(8-2)9-3)28-24-17-19-35-29(24)30(5,6)34-26(28)21-23/h20-22H,7-19H2,1-6H3. The number of carbonyl (C=O) groups is 1. The number of hydrogen-bond donors (Lipinski definition) is 0. The fourth-order valence-electron chi connectivity index (χ4n) is 5.26. The van der Waals surface area contributed by atoms with Gasteiger partial charge < -0.3 is 14.4 Å². The Labute approximate surface area is 218 Å². The van der Waals surface area contributed by atoms with Crippen LogP contribution in [0.1, 0.15) is 104 Å². The molecule has 0 N–H and O–H groups in total. The van der Waals surface area contributed by atoms with Crippen LogP contribution >= 0.6 is 11.8 Å². The average Bonchev–Trinajstić information content (AvgIpc) is 3.31. The highest BCUT2D eigenvalue weighted by atomic mass is 32.2. The first-order chi connectivity index (χ1) is 16.8. The maximum Gasteiger partial charge on any atom is 0.311 e. The Kier molecular flexibility index (Phi) is 10.6. The van der Waals surface area contributed by atoms with Crippen molar-refractivity contribution in [3.8, 4) is 11.5 Å². The Balaban J connectivity index is 1.79. The van der Waals surface area contributed by atoms with E-state index in [1.54, 1.807) is 0 Å². The van der Waals surface area contributed by atoms with Gasteiger partial charge in [-0.25, -0.2) is 0 Å². The highest BCUT2D eigenvalue weighted by Gasteiger charge is 2.39. The van der Waals surface area contributed by atoms with Crippen LogP contribution in [0.25, 0.3) is 5.57 Å². The predicted octanol–water partition coefficient (Wildman–Crippen LogP) is 7.88. The number of unbranched alkanes of at least 4 members (excludes halogenated alkanes) is 2. The zero-order valence-electron chi connectivity index (χ0n) is 23.0. The van der Waals surface area contributed by atoms with Crippen molar-refractivity contribution in [3.63, 3.8) is 0 Å². The van der Waals surface area contributed by atoms with Crippen LogP contribution in [0.3, 0.4) is 0 Å². The number of benzene rings is 1. The van der Waals surface area contributed by atoms with Crippen LogP contribution in [-0.4, -0.2) is 41.9 Å². The number of fused-ring (bicyclic) bond motifs is 2. The van der Waals surface area contributed by atoms with E-state index >= 15 is 0 Å². The quantitative estimate of drug-likeness (QED) is 0.147. The van der Waals surface area contributed by atoms with Crippen molar-refractivity contribution in [1.29, 1.82) is 0 Å². The van der Waals surface area contributed by atoms with Crippen LogP contribution in [0, 0.1) is 5.92 Å². The molecule has 1 aromatic carbocycles. The third-order valence-corrected chi connectivity index (χ3v) is 8.85. The van der Waals surface area contributed by atoms with Gasteiger partial charge in [0.1, 0.15) is 17.1 Å². The van der Waals surface area contributed by atoms with Crippen LogP contribution in [0.5, 0.6) is 11.5 Å². The topological polar surface area (TPSA) is 38.8 Å². The molecule has 0 saturated heterocycles. The van der Waals surface area contributed by atoms with Gasteiger partial charge in [-0.05, 0) is 88.4 Å². The van der Waals surface area contributed by atoms with Crippen molar-refractivity contribution in [1.82, 2.24) is 4.90 Å². The highest BCUT2D eigenvalue weighted by Crippen LogP contribution is 2.54. The van der Waals surface area contributed by atoms with Crippen molar-refractivity contribution in [2.75, 3.05) is 25.4 Å². The molecule has 4 nitrogen and oxygen atoms in total. The molecule has 35 heavy (non-hydrogen) atoms. The van der Waals surface area contributed by atoms with E-state index in [-0.39, 0.29) is 11.6 Å². The van der Waals surface area contributed by atoms with E-state index < -0.39 is 0 Å². The minimum absolute atomic E-state index is 0.137. The first-order valence-electron chi connectivity index (χ1n) is 13.9. The number of nitrogens with zero attached hydrogens (tertiary/aromatic N) is 1. The van der Waals surface area contributed by atoms with Crippen LogP contribution in [0.15, 0.2) is 17.0 Å². The molecule has 3 rings (SSSR count). The maximum absolute atomic E-state index is 12.9. The fourth-order valence-corrected chi connectivity index (χ4v) is 6.54. The zero-order valence-corrected chi connectivity index (χ0v) is 23.8. The Hall–Kier alpha value is -1.46. The van der Waals surface area contributed by atoms with E-state index in [1.807, 2.05) is 11.8 Å². The monoisotopic (exact) mass is 501 g/mol. The summed E-state index contributed by atoms with van der Waals surface area (Å²) in [7, 11) is 0. The lowest BCUT2D eigenvalue weighted by Gasteiger charge is -2.35. The van der Waals surface area contributed by atoms with E-state index in [0.717, 1.165) is 62.4 Å². The van der Waals surface area contributed by atoms with Gasteiger partial charge >= 0.3 is 5.97 Å². The molecule has 0 radical (unpaired) electrons. The summed E-state index contributed by atoms with van der Waals surface area (Å²) in [5, 5.41) is 0.